The second kappa shape index (κ2) is 12.9. The minimum atomic E-state index is -4.16. The maximum atomic E-state index is 14.0. The van der Waals surface area contributed by atoms with Gasteiger partial charge in [0.2, 0.25) is 11.8 Å². The third-order valence-electron chi connectivity index (χ3n) is 5.98. The highest BCUT2D eigenvalue weighted by molar-refractivity contribution is 7.92. The summed E-state index contributed by atoms with van der Waals surface area (Å²) in [6, 6.07) is 21.1. The maximum Gasteiger partial charge on any atom is 0.264 e. The van der Waals surface area contributed by atoms with E-state index in [0.717, 1.165) is 15.4 Å². The van der Waals surface area contributed by atoms with Crippen molar-refractivity contribution in [3.63, 3.8) is 0 Å². The van der Waals surface area contributed by atoms with Crippen LogP contribution in [0.1, 0.15) is 38.3 Å². The standard InChI is InChI=1S/C29H34ClN3O4S/c1-5-26(29(35)31-21(2)3)32(19-23-13-11-12-22(4)18-23)28(34)20-33(27-17-10-9-16-25(27)30)38(36,37)24-14-7-6-8-15-24/h6-18,21,26H,5,19-20H2,1-4H3,(H,31,35)/t26-/m0/s1. The van der Waals surface area contributed by atoms with Crippen LogP contribution in [0.25, 0.3) is 0 Å². The Morgan fingerprint density at radius 2 is 1.61 bits per heavy atom. The molecule has 0 aromatic heterocycles. The Morgan fingerprint density at radius 3 is 2.21 bits per heavy atom. The van der Waals surface area contributed by atoms with Crippen molar-refractivity contribution in [1.82, 2.24) is 10.2 Å². The van der Waals surface area contributed by atoms with Crippen molar-refractivity contribution < 1.29 is 18.0 Å². The fourth-order valence-corrected chi connectivity index (χ4v) is 5.94. The number of nitrogens with one attached hydrogen (secondary N) is 1. The van der Waals surface area contributed by atoms with Crippen molar-refractivity contribution in [3.05, 3.63) is 95.0 Å². The molecule has 202 valence electrons. The van der Waals surface area contributed by atoms with E-state index < -0.39 is 28.5 Å². The molecule has 0 fully saturated rings. The molecule has 1 atom stereocenters. The highest BCUT2D eigenvalue weighted by Crippen LogP contribution is 2.30. The average molecular weight is 556 g/mol. The molecule has 0 radical (unpaired) electrons. The van der Waals surface area contributed by atoms with Crippen molar-refractivity contribution >= 4 is 39.1 Å². The molecule has 0 spiro atoms. The van der Waals surface area contributed by atoms with Gasteiger partial charge in [0.15, 0.2) is 0 Å². The van der Waals surface area contributed by atoms with E-state index in [1.165, 1.54) is 17.0 Å². The minimum absolute atomic E-state index is 0.0301. The van der Waals surface area contributed by atoms with Crippen molar-refractivity contribution in [3.8, 4) is 0 Å². The van der Waals surface area contributed by atoms with Gasteiger partial charge in [0, 0.05) is 12.6 Å². The predicted molar refractivity (Wildman–Crippen MR) is 152 cm³/mol. The van der Waals surface area contributed by atoms with Crippen molar-refractivity contribution in [2.45, 2.75) is 57.6 Å². The number of hydrogen-bond acceptors (Lipinski definition) is 4. The number of amides is 2. The van der Waals surface area contributed by atoms with Crippen LogP contribution in [-0.4, -0.2) is 43.8 Å². The number of hydrogen-bond donors (Lipinski definition) is 1. The molecule has 1 N–H and O–H groups in total. The Bertz CT molecular complexity index is 1360. The number of anilines is 1. The monoisotopic (exact) mass is 555 g/mol. The highest BCUT2D eigenvalue weighted by atomic mass is 35.5. The van der Waals surface area contributed by atoms with Crippen LogP contribution in [0.3, 0.4) is 0 Å². The molecule has 0 saturated heterocycles. The van der Waals surface area contributed by atoms with Gasteiger partial charge in [0.05, 0.1) is 15.6 Å². The lowest BCUT2D eigenvalue weighted by Crippen LogP contribution is -2.53. The van der Waals surface area contributed by atoms with E-state index in [4.69, 9.17) is 11.6 Å². The third-order valence-corrected chi connectivity index (χ3v) is 8.08. The Hall–Kier alpha value is -3.36. The molecule has 3 aromatic carbocycles. The summed E-state index contributed by atoms with van der Waals surface area (Å²) in [6.07, 6.45) is 0.355. The molecule has 9 heteroatoms. The van der Waals surface area contributed by atoms with E-state index >= 15 is 0 Å². The molecule has 38 heavy (non-hydrogen) atoms. The first-order chi connectivity index (χ1) is 18.0. The number of benzene rings is 3. The van der Waals surface area contributed by atoms with Crippen LogP contribution in [0, 0.1) is 6.92 Å². The van der Waals surface area contributed by atoms with Crippen LogP contribution in [0.2, 0.25) is 5.02 Å². The van der Waals surface area contributed by atoms with Crippen LogP contribution in [0.4, 0.5) is 5.69 Å². The summed E-state index contributed by atoms with van der Waals surface area (Å²) < 4.78 is 28.6. The molecule has 2 amide bonds. The van der Waals surface area contributed by atoms with Crippen LogP contribution in [0.15, 0.2) is 83.8 Å². The van der Waals surface area contributed by atoms with Gasteiger partial charge in [0.1, 0.15) is 12.6 Å². The molecular weight excluding hydrogens is 522 g/mol. The lowest BCUT2D eigenvalue weighted by Gasteiger charge is -2.33. The number of carbonyl (C=O) groups excluding carboxylic acids is 2. The molecule has 0 aliphatic carbocycles. The van der Waals surface area contributed by atoms with Gasteiger partial charge in [-0.15, -0.1) is 0 Å². The van der Waals surface area contributed by atoms with Crippen LogP contribution in [0.5, 0.6) is 0 Å². The topological polar surface area (TPSA) is 86.8 Å². The molecule has 3 aromatic rings. The molecule has 0 aliphatic rings. The summed E-state index contributed by atoms with van der Waals surface area (Å²) in [5, 5.41) is 3.08. The number of sulfonamides is 1. The fraction of sp³-hybridized carbons (Fsp3) is 0.310. The van der Waals surface area contributed by atoms with Gasteiger partial charge in [-0.1, -0.05) is 78.7 Å². The summed E-state index contributed by atoms with van der Waals surface area (Å²) >= 11 is 6.43. The fourth-order valence-electron chi connectivity index (χ4n) is 4.19. The summed E-state index contributed by atoms with van der Waals surface area (Å²) in [7, 11) is -4.16. The van der Waals surface area contributed by atoms with Crippen molar-refractivity contribution in [1.29, 1.82) is 0 Å². The van der Waals surface area contributed by atoms with Gasteiger partial charge in [-0.3, -0.25) is 13.9 Å². The lowest BCUT2D eigenvalue weighted by molar-refractivity contribution is -0.140. The molecule has 0 saturated carbocycles. The molecule has 0 unspecified atom stereocenters. The number of para-hydroxylation sites is 1. The summed E-state index contributed by atoms with van der Waals surface area (Å²) in [6.45, 7) is 7.09. The zero-order valence-electron chi connectivity index (χ0n) is 22.1. The number of aryl methyl sites for hydroxylation is 1. The van der Waals surface area contributed by atoms with Crippen LogP contribution in [-0.2, 0) is 26.2 Å². The quantitative estimate of drug-likeness (QED) is 0.353. The summed E-state index contributed by atoms with van der Waals surface area (Å²) in [5.41, 5.74) is 2.03. The highest BCUT2D eigenvalue weighted by Gasteiger charge is 2.34. The zero-order valence-corrected chi connectivity index (χ0v) is 23.7. The van der Waals surface area contributed by atoms with E-state index in [9.17, 15) is 18.0 Å². The van der Waals surface area contributed by atoms with E-state index in [1.54, 1.807) is 42.5 Å². The predicted octanol–water partition coefficient (Wildman–Crippen LogP) is 5.18. The SMILES string of the molecule is CC[C@@H](C(=O)NC(C)C)N(Cc1cccc(C)c1)C(=O)CN(c1ccccc1Cl)S(=O)(=O)c1ccccc1. The van der Waals surface area contributed by atoms with E-state index in [0.29, 0.717) is 6.42 Å². The van der Waals surface area contributed by atoms with Crippen LogP contribution < -0.4 is 9.62 Å². The first-order valence-corrected chi connectivity index (χ1v) is 14.3. The maximum absolute atomic E-state index is 14.0. The number of nitrogens with zero attached hydrogens (tertiary/aromatic N) is 2. The molecular formula is C29H34ClN3O4S. The van der Waals surface area contributed by atoms with Crippen molar-refractivity contribution in [2.24, 2.45) is 0 Å². The average Bonchev–Trinajstić information content (AvgIpc) is 2.87. The molecule has 0 heterocycles. The molecule has 3 rings (SSSR count). The second-order valence-corrected chi connectivity index (χ2v) is 11.6. The molecule has 0 bridgehead atoms. The minimum Gasteiger partial charge on any atom is -0.352 e. The van der Waals surface area contributed by atoms with Gasteiger partial charge >= 0.3 is 0 Å². The molecule has 7 nitrogen and oxygen atoms in total. The Morgan fingerprint density at radius 1 is 0.947 bits per heavy atom. The van der Waals surface area contributed by atoms with E-state index in [2.05, 4.69) is 5.32 Å². The smallest absolute Gasteiger partial charge is 0.264 e. The first kappa shape index (κ1) is 29.2. The number of carbonyl (C=O) groups is 2. The largest absolute Gasteiger partial charge is 0.352 e. The summed E-state index contributed by atoms with van der Waals surface area (Å²) in [4.78, 5) is 28.6. The normalized spacial score (nSPS) is 12.2. The van der Waals surface area contributed by atoms with Gasteiger partial charge in [0.25, 0.3) is 10.0 Å². The summed E-state index contributed by atoms with van der Waals surface area (Å²) in [5.74, 6) is -0.810. The van der Waals surface area contributed by atoms with Crippen LogP contribution >= 0.6 is 11.6 Å². The van der Waals surface area contributed by atoms with Gasteiger partial charge in [-0.2, -0.15) is 0 Å². The zero-order chi connectivity index (χ0) is 27.9. The number of rotatable bonds is 11. The Kier molecular flexibility index (Phi) is 9.94. The van der Waals surface area contributed by atoms with Crippen molar-refractivity contribution in [2.75, 3.05) is 10.8 Å². The first-order valence-electron chi connectivity index (χ1n) is 12.5. The number of halogens is 1. The molecule has 0 aliphatic heterocycles. The third kappa shape index (κ3) is 7.14. The Balaban J connectivity index is 2.07. The second-order valence-electron chi connectivity index (χ2n) is 9.37. The lowest BCUT2D eigenvalue weighted by atomic mass is 10.1. The van der Waals surface area contributed by atoms with Gasteiger partial charge < -0.3 is 10.2 Å². The van der Waals surface area contributed by atoms with E-state index in [1.807, 2.05) is 52.0 Å². The van der Waals surface area contributed by atoms with Gasteiger partial charge in [-0.25, -0.2) is 8.42 Å². The van der Waals surface area contributed by atoms with E-state index in [-0.39, 0.29) is 34.1 Å². The Labute approximate surface area is 230 Å². The van der Waals surface area contributed by atoms with Gasteiger partial charge in [-0.05, 0) is 57.0 Å².